The molecule has 10 heteroatoms. The van der Waals surface area contributed by atoms with Gasteiger partial charge in [-0.3, -0.25) is 24.4 Å². The van der Waals surface area contributed by atoms with Crippen molar-refractivity contribution in [1.29, 1.82) is 0 Å². The van der Waals surface area contributed by atoms with Crippen LogP contribution in [0.5, 0.6) is 0 Å². The van der Waals surface area contributed by atoms with Gasteiger partial charge in [0.2, 0.25) is 0 Å². The summed E-state index contributed by atoms with van der Waals surface area (Å²) in [5, 5.41) is 10.9. The van der Waals surface area contributed by atoms with E-state index in [0.717, 1.165) is 5.69 Å². The number of halogens is 1. The number of non-ortho nitro benzene ring substituents is 1. The number of rotatable bonds is 6. The van der Waals surface area contributed by atoms with Crippen LogP contribution in [-0.4, -0.2) is 46.4 Å². The van der Waals surface area contributed by atoms with Gasteiger partial charge in [0.25, 0.3) is 5.69 Å². The van der Waals surface area contributed by atoms with Crippen molar-refractivity contribution in [2.24, 2.45) is 0 Å². The molecule has 0 spiro atoms. The molecule has 35 heavy (non-hydrogen) atoms. The highest BCUT2D eigenvalue weighted by molar-refractivity contribution is 6.10. The molecular weight excluding hydrogens is 455 g/mol. The highest BCUT2D eigenvalue weighted by Gasteiger charge is 2.21. The van der Waals surface area contributed by atoms with E-state index in [9.17, 15) is 24.1 Å². The predicted molar refractivity (Wildman–Crippen MR) is 127 cm³/mol. The molecule has 0 bridgehead atoms. The lowest BCUT2D eigenvalue weighted by molar-refractivity contribution is -0.384. The van der Waals surface area contributed by atoms with Gasteiger partial charge >= 0.3 is 5.76 Å². The number of ketones is 1. The number of nitro groups is 1. The monoisotopic (exact) mass is 476 g/mol. The van der Waals surface area contributed by atoms with E-state index in [4.69, 9.17) is 4.42 Å². The van der Waals surface area contributed by atoms with Gasteiger partial charge in [-0.15, -0.1) is 0 Å². The van der Waals surface area contributed by atoms with Crippen molar-refractivity contribution in [3.05, 3.63) is 104 Å². The average molecular weight is 476 g/mol. The number of oxazole rings is 1. The molecule has 4 aromatic rings. The Morgan fingerprint density at radius 2 is 1.60 bits per heavy atom. The van der Waals surface area contributed by atoms with Crippen LogP contribution < -0.4 is 10.7 Å². The number of nitrogens with zero attached hydrogens (tertiary/aromatic N) is 4. The van der Waals surface area contributed by atoms with E-state index < -0.39 is 16.5 Å². The van der Waals surface area contributed by atoms with Crippen LogP contribution in [0.3, 0.4) is 0 Å². The third-order valence-electron chi connectivity index (χ3n) is 6.18. The van der Waals surface area contributed by atoms with Crippen molar-refractivity contribution in [1.82, 2.24) is 9.47 Å². The van der Waals surface area contributed by atoms with Gasteiger partial charge in [0, 0.05) is 55.1 Å². The van der Waals surface area contributed by atoms with E-state index in [2.05, 4.69) is 9.80 Å². The lowest BCUT2D eigenvalue weighted by Gasteiger charge is -2.36. The molecule has 1 aromatic heterocycles. The number of benzene rings is 3. The third-order valence-corrected chi connectivity index (χ3v) is 6.18. The molecule has 1 aliphatic rings. The van der Waals surface area contributed by atoms with Crippen LogP contribution in [0.1, 0.15) is 15.9 Å². The van der Waals surface area contributed by atoms with E-state index >= 15 is 0 Å². The van der Waals surface area contributed by atoms with Crippen molar-refractivity contribution >= 4 is 28.3 Å². The Morgan fingerprint density at radius 3 is 2.26 bits per heavy atom. The number of fused-ring (bicyclic) bond motifs is 1. The largest absolute Gasteiger partial charge is 0.421 e. The van der Waals surface area contributed by atoms with Crippen molar-refractivity contribution in [2.45, 2.75) is 6.67 Å². The first-order valence-electron chi connectivity index (χ1n) is 11.0. The first-order valence-corrected chi connectivity index (χ1v) is 11.0. The van der Waals surface area contributed by atoms with Gasteiger partial charge in [-0.1, -0.05) is 0 Å². The van der Waals surface area contributed by atoms with Gasteiger partial charge in [0.1, 0.15) is 5.82 Å². The Balaban J connectivity index is 1.28. The van der Waals surface area contributed by atoms with Crippen LogP contribution >= 0.6 is 0 Å². The number of hydrogen-bond donors (Lipinski definition) is 0. The maximum atomic E-state index is 13.2. The quantitative estimate of drug-likeness (QED) is 0.238. The SMILES string of the molecule is O=C(c1ccc(F)cc1)c1ccc2c(c1)oc(=O)n2CN1CCN(c2ccc([N+](=O)[O-])cc2)CC1. The maximum Gasteiger partial charge on any atom is 0.421 e. The van der Waals surface area contributed by atoms with Crippen LogP contribution in [0.25, 0.3) is 11.1 Å². The third kappa shape index (κ3) is 4.56. The van der Waals surface area contributed by atoms with Gasteiger partial charge < -0.3 is 9.32 Å². The summed E-state index contributed by atoms with van der Waals surface area (Å²) in [6.45, 7) is 3.14. The molecule has 9 nitrogen and oxygen atoms in total. The first-order chi connectivity index (χ1) is 16.9. The predicted octanol–water partition coefficient (Wildman–Crippen LogP) is 3.65. The number of piperazine rings is 1. The summed E-state index contributed by atoms with van der Waals surface area (Å²) in [5.41, 5.74) is 2.57. The molecule has 0 aliphatic carbocycles. The molecule has 0 N–H and O–H groups in total. The van der Waals surface area contributed by atoms with Crippen molar-refractivity contribution in [3.63, 3.8) is 0 Å². The summed E-state index contributed by atoms with van der Waals surface area (Å²) >= 11 is 0. The summed E-state index contributed by atoms with van der Waals surface area (Å²) in [6, 6.07) is 16.6. The molecule has 1 saturated heterocycles. The molecule has 0 atom stereocenters. The molecule has 0 radical (unpaired) electrons. The fourth-order valence-electron chi connectivity index (χ4n) is 4.24. The summed E-state index contributed by atoms with van der Waals surface area (Å²) < 4.78 is 20.1. The standard InChI is InChI=1S/C25H21FN4O5/c26-19-4-1-17(2-5-19)24(31)18-3-10-22-23(15-18)35-25(32)29(22)16-27-11-13-28(14-12-27)20-6-8-21(9-7-20)30(33)34/h1-10,15H,11-14,16H2. The summed E-state index contributed by atoms with van der Waals surface area (Å²) in [5.74, 6) is -1.22. The second kappa shape index (κ2) is 9.15. The fraction of sp³-hybridized carbons (Fsp3) is 0.200. The van der Waals surface area contributed by atoms with E-state index in [-0.39, 0.29) is 11.5 Å². The zero-order chi connectivity index (χ0) is 24.5. The fourth-order valence-corrected chi connectivity index (χ4v) is 4.24. The van der Waals surface area contributed by atoms with Crippen LogP contribution in [0.2, 0.25) is 0 Å². The van der Waals surface area contributed by atoms with E-state index in [1.807, 2.05) is 0 Å². The summed E-state index contributed by atoms with van der Waals surface area (Å²) in [7, 11) is 0. The van der Waals surface area contributed by atoms with E-state index in [1.54, 1.807) is 24.3 Å². The van der Waals surface area contributed by atoms with Crippen LogP contribution in [0.15, 0.2) is 75.9 Å². The minimum atomic E-state index is -0.510. The molecule has 0 amide bonds. The van der Waals surface area contributed by atoms with Gasteiger partial charge in [-0.2, -0.15) is 0 Å². The van der Waals surface area contributed by atoms with Gasteiger partial charge in [-0.05, 0) is 54.6 Å². The molecule has 1 fully saturated rings. The highest BCUT2D eigenvalue weighted by Crippen LogP contribution is 2.22. The molecule has 0 saturated carbocycles. The molecule has 0 unspecified atom stereocenters. The maximum absolute atomic E-state index is 13.2. The van der Waals surface area contributed by atoms with Crippen molar-refractivity contribution in [2.75, 3.05) is 31.1 Å². The number of carbonyl (C=O) groups is 1. The summed E-state index contributed by atoms with van der Waals surface area (Å²) in [4.78, 5) is 40.0. The number of hydrogen-bond acceptors (Lipinski definition) is 7. The topological polar surface area (TPSA) is 102 Å². The Labute approximate surface area is 198 Å². The van der Waals surface area contributed by atoms with Gasteiger partial charge in [-0.25, -0.2) is 9.18 Å². The molecule has 3 aromatic carbocycles. The minimum Gasteiger partial charge on any atom is -0.408 e. The van der Waals surface area contributed by atoms with Crippen LogP contribution in [-0.2, 0) is 6.67 Å². The van der Waals surface area contributed by atoms with Gasteiger partial charge in [0.15, 0.2) is 11.4 Å². The van der Waals surface area contributed by atoms with E-state index in [1.165, 1.54) is 47.0 Å². The molecule has 2 heterocycles. The number of anilines is 1. The first kappa shape index (κ1) is 22.5. The normalized spacial score (nSPS) is 14.4. The number of aromatic nitrogens is 1. The summed E-state index contributed by atoms with van der Waals surface area (Å²) in [6.07, 6.45) is 0. The Hall–Kier alpha value is -4.31. The molecule has 1 aliphatic heterocycles. The number of carbonyl (C=O) groups excluding carboxylic acids is 1. The van der Waals surface area contributed by atoms with Crippen molar-refractivity contribution in [3.8, 4) is 0 Å². The van der Waals surface area contributed by atoms with Gasteiger partial charge in [0.05, 0.1) is 17.1 Å². The van der Waals surface area contributed by atoms with E-state index in [0.29, 0.717) is 55.1 Å². The Bertz CT molecular complexity index is 1450. The number of nitro benzene ring substituents is 1. The zero-order valence-corrected chi connectivity index (χ0v) is 18.6. The molecular formula is C25H21FN4O5. The lowest BCUT2D eigenvalue weighted by Crippen LogP contribution is -2.47. The van der Waals surface area contributed by atoms with Crippen molar-refractivity contribution < 1.29 is 18.5 Å². The Kier molecular flexibility index (Phi) is 5.87. The van der Waals surface area contributed by atoms with Crippen LogP contribution in [0.4, 0.5) is 15.8 Å². The Morgan fingerprint density at radius 1 is 0.943 bits per heavy atom. The second-order valence-corrected chi connectivity index (χ2v) is 8.33. The minimum absolute atomic E-state index is 0.0566. The zero-order valence-electron chi connectivity index (χ0n) is 18.6. The smallest absolute Gasteiger partial charge is 0.408 e. The molecule has 178 valence electrons. The average Bonchev–Trinajstić information content (AvgIpc) is 3.18. The van der Waals surface area contributed by atoms with Crippen LogP contribution in [0, 0.1) is 15.9 Å². The molecule has 5 rings (SSSR count). The lowest BCUT2D eigenvalue weighted by atomic mass is 10.0. The second-order valence-electron chi connectivity index (χ2n) is 8.33. The highest BCUT2D eigenvalue weighted by atomic mass is 19.1.